The van der Waals surface area contributed by atoms with Crippen LogP contribution >= 0.6 is 0 Å². The second-order valence-electron chi connectivity index (χ2n) is 6.94. The Balaban J connectivity index is 1.70. The maximum absolute atomic E-state index is 12.1. The first-order chi connectivity index (χ1) is 13.0. The summed E-state index contributed by atoms with van der Waals surface area (Å²) >= 11 is 0. The minimum absolute atomic E-state index is 0.0869. The van der Waals surface area contributed by atoms with Crippen molar-refractivity contribution < 1.29 is 32.3 Å². The number of imide groups is 1. The molecular formula is C18H22F3N3O4. The maximum atomic E-state index is 12.1. The molecule has 0 unspecified atom stereocenters. The van der Waals surface area contributed by atoms with E-state index in [0.717, 1.165) is 4.90 Å². The van der Waals surface area contributed by atoms with Crippen molar-refractivity contribution in [3.8, 4) is 5.75 Å². The van der Waals surface area contributed by atoms with Gasteiger partial charge in [0.2, 0.25) is 5.91 Å². The summed E-state index contributed by atoms with van der Waals surface area (Å²) in [5, 5.41) is 5.24. The molecule has 4 amide bonds. The maximum Gasteiger partial charge on any atom is 0.422 e. The Hall–Kier alpha value is -2.78. The first-order valence-electron chi connectivity index (χ1n) is 8.67. The molecule has 2 rings (SSSR count). The van der Waals surface area contributed by atoms with Gasteiger partial charge in [0.05, 0.1) is 0 Å². The highest BCUT2D eigenvalue weighted by atomic mass is 19.4. The molecule has 0 atom stereocenters. The molecule has 0 bridgehead atoms. The van der Waals surface area contributed by atoms with Crippen LogP contribution in [0, 0.1) is 0 Å². The van der Waals surface area contributed by atoms with Crippen molar-refractivity contribution in [2.75, 3.05) is 13.2 Å². The minimum atomic E-state index is -4.40. The topological polar surface area (TPSA) is 87.7 Å². The van der Waals surface area contributed by atoms with Gasteiger partial charge >= 0.3 is 12.2 Å². The highest BCUT2D eigenvalue weighted by molar-refractivity contribution is 6.06. The van der Waals surface area contributed by atoms with Gasteiger partial charge in [0.1, 0.15) is 11.3 Å². The third-order valence-corrected chi connectivity index (χ3v) is 4.05. The number of hydrogen-bond donors (Lipinski definition) is 2. The molecule has 1 fully saturated rings. The van der Waals surface area contributed by atoms with E-state index in [-0.39, 0.29) is 37.1 Å². The lowest BCUT2D eigenvalue weighted by Crippen LogP contribution is -2.40. The molecule has 1 saturated heterocycles. The molecule has 28 heavy (non-hydrogen) atoms. The van der Waals surface area contributed by atoms with Crippen LogP contribution in [0.5, 0.6) is 5.75 Å². The normalized spacial score (nSPS) is 16.1. The average molecular weight is 401 g/mol. The van der Waals surface area contributed by atoms with E-state index in [2.05, 4.69) is 15.4 Å². The average Bonchev–Trinajstić information content (AvgIpc) is 2.80. The lowest BCUT2D eigenvalue weighted by Gasteiger charge is -2.15. The number of alkyl halides is 3. The number of rotatable bonds is 8. The summed E-state index contributed by atoms with van der Waals surface area (Å²) in [6.07, 6.45) is -3.95. The Kier molecular flexibility index (Phi) is 6.52. The van der Waals surface area contributed by atoms with Gasteiger partial charge in [-0.05, 0) is 38.0 Å². The molecule has 7 nitrogen and oxygen atoms in total. The summed E-state index contributed by atoms with van der Waals surface area (Å²) < 4.78 is 40.9. The third kappa shape index (κ3) is 6.14. The summed E-state index contributed by atoms with van der Waals surface area (Å²) in [4.78, 5) is 36.7. The Morgan fingerprint density at radius 3 is 2.39 bits per heavy atom. The number of carbonyl (C=O) groups is 3. The number of urea groups is 1. The van der Waals surface area contributed by atoms with Crippen LogP contribution in [0.1, 0.15) is 32.3 Å². The number of carbonyl (C=O) groups excluding carboxylic acids is 3. The molecule has 1 heterocycles. The third-order valence-electron chi connectivity index (χ3n) is 4.05. The zero-order valence-electron chi connectivity index (χ0n) is 15.6. The largest absolute Gasteiger partial charge is 0.484 e. The quantitative estimate of drug-likeness (QED) is 0.655. The van der Waals surface area contributed by atoms with Crippen molar-refractivity contribution in [1.29, 1.82) is 0 Å². The summed E-state index contributed by atoms with van der Waals surface area (Å²) in [5.41, 5.74) is -0.237. The van der Waals surface area contributed by atoms with Crippen LogP contribution in [-0.4, -0.2) is 47.6 Å². The van der Waals surface area contributed by atoms with E-state index in [1.165, 1.54) is 12.1 Å². The van der Waals surface area contributed by atoms with E-state index in [9.17, 15) is 27.6 Å². The van der Waals surface area contributed by atoms with Crippen LogP contribution in [0.2, 0.25) is 0 Å². The minimum Gasteiger partial charge on any atom is -0.484 e. The summed E-state index contributed by atoms with van der Waals surface area (Å²) in [6.45, 7) is 2.21. The molecule has 0 aromatic heterocycles. The van der Waals surface area contributed by atoms with E-state index >= 15 is 0 Å². The second kappa shape index (κ2) is 8.49. The number of halogens is 3. The molecule has 154 valence electrons. The fraction of sp³-hybridized carbons (Fsp3) is 0.500. The van der Waals surface area contributed by atoms with Gasteiger partial charge in [-0.2, -0.15) is 13.2 Å². The number of amides is 4. The predicted octanol–water partition coefficient (Wildman–Crippen LogP) is 2.35. The first kappa shape index (κ1) is 21.5. The van der Waals surface area contributed by atoms with Gasteiger partial charge in [-0.25, -0.2) is 4.79 Å². The zero-order chi connectivity index (χ0) is 20.9. The van der Waals surface area contributed by atoms with Gasteiger partial charge < -0.3 is 15.4 Å². The fourth-order valence-electron chi connectivity index (χ4n) is 2.58. The molecule has 10 heteroatoms. The number of nitrogens with one attached hydrogen (secondary N) is 2. The highest BCUT2D eigenvalue weighted by Crippen LogP contribution is 2.19. The highest BCUT2D eigenvalue weighted by Gasteiger charge is 2.43. The van der Waals surface area contributed by atoms with Crippen molar-refractivity contribution in [1.82, 2.24) is 15.5 Å². The monoisotopic (exact) mass is 401 g/mol. The van der Waals surface area contributed by atoms with Crippen LogP contribution < -0.4 is 15.4 Å². The fourth-order valence-corrected chi connectivity index (χ4v) is 2.58. The van der Waals surface area contributed by atoms with Crippen molar-refractivity contribution in [3.63, 3.8) is 0 Å². The predicted molar refractivity (Wildman–Crippen MR) is 93.4 cm³/mol. The van der Waals surface area contributed by atoms with Crippen LogP contribution in [0.4, 0.5) is 18.0 Å². The van der Waals surface area contributed by atoms with Gasteiger partial charge in [0, 0.05) is 19.5 Å². The SMILES string of the molecule is CC1(C)NC(=O)N(CCCC(=O)NCc2ccc(OCC(F)(F)F)cc2)C1=O. The zero-order valence-corrected chi connectivity index (χ0v) is 15.6. The van der Waals surface area contributed by atoms with Gasteiger partial charge in [-0.15, -0.1) is 0 Å². The number of nitrogens with zero attached hydrogens (tertiary/aromatic N) is 1. The van der Waals surface area contributed by atoms with Crippen molar-refractivity contribution in [3.05, 3.63) is 29.8 Å². The lowest BCUT2D eigenvalue weighted by atomic mass is 10.1. The van der Waals surface area contributed by atoms with E-state index < -0.39 is 24.4 Å². The van der Waals surface area contributed by atoms with Crippen LogP contribution in [-0.2, 0) is 16.1 Å². The second-order valence-corrected chi connectivity index (χ2v) is 6.94. The van der Waals surface area contributed by atoms with Crippen molar-refractivity contribution in [2.45, 2.75) is 44.9 Å². The Morgan fingerprint density at radius 2 is 1.86 bits per heavy atom. The molecule has 1 aliphatic rings. The molecule has 1 aliphatic heterocycles. The molecule has 1 aromatic carbocycles. The van der Waals surface area contributed by atoms with Gasteiger partial charge in [-0.3, -0.25) is 14.5 Å². The molecule has 0 aliphatic carbocycles. The van der Waals surface area contributed by atoms with Crippen LogP contribution in [0.15, 0.2) is 24.3 Å². The Morgan fingerprint density at radius 1 is 1.21 bits per heavy atom. The van der Waals surface area contributed by atoms with Crippen molar-refractivity contribution in [2.24, 2.45) is 0 Å². The molecule has 2 N–H and O–H groups in total. The number of ether oxygens (including phenoxy) is 1. The van der Waals surface area contributed by atoms with Gasteiger partial charge in [0.25, 0.3) is 5.91 Å². The summed E-state index contributed by atoms with van der Waals surface area (Å²) in [6, 6.07) is 5.44. The molecule has 0 saturated carbocycles. The Bertz CT molecular complexity index is 733. The number of hydrogen-bond acceptors (Lipinski definition) is 4. The van der Waals surface area contributed by atoms with E-state index in [1.54, 1.807) is 26.0 Å². The van der Waals surface area contributed by atoms with Crippen molar-refractivity contribution >= 4 is 17.8 Å². The Labute approximate surface area is 160 Å². The molecule has 0 spiro atoms. The summed E-state index contributed by atoms with van der Waals surface area (Å²) in [5.74, 6) is -0.502. The van der Waals surface area contributed by atoms with Gasteiger partial charge in [0.15, 0.2) is 6.61 Å². The number of benzene rings is 1. The van der Waals surface area contributed by atoms with E-state index in [4.69, 9.17) is 0 Å². The van der Waals surface area contributed by atoms with Crippen LogP contribution in [0.3, 0.4) is 0 Å². The first-order valence-corrected chi connectivity index (χ1v) is 8.67. The smallest absolute Gasteiger partial charge is 0.422 e. The standard InChI is InChI=1S/C18H22F3N3O4/c1-17(2)15(26)24(16(27)23-17)9-3-4-14(25)22-10-12-5-7-13(8-6-12)28-11-18(19,20)21/h5-8H,3-4,9-11H2,1-2H3,(H,22,25)(H,23,27). The summed E-state index contributed by atoms with van der Waals surface area (Å²) in [7, 11) is 0. The lowest BCUT2D eigenvalue weighted by molar-refractivity contribution is -0.153. The molecule has 1 aromatic rings. The van der Waals surface area contributed by atoms with E-state index in [1.807, 2.05) is 0 Å². The van der Waals surface area contributed by atoms with Crippen LogP contribution in [0.25, 0.3) is 0 Å². The van der Waals surface area contributed by atoms with E-state index in [0.29, 0.717) is 12.0 Å². The molecular weight excluding hydrogens is 379 g/mol. The van der Waals surface area contributed by atoms with Gasteiger partial charge in [-0.1, -0.05) is 12.1 Å². The molecule has 0 radical (unpaired) electrons.